The molecule has 0 aliphatic rings. The summed E-state index contributed by atoms with van der Waals surface area (Å²) in [6.07, 6.45) is 2.07. The third kappa shape index (κ3) is 11.9. The predicted molar refractivity (Wildman–Crippen MR) is 173 cm³/mol. The van der Waals surface area contributed by atoms with Gasteiger partial charge in [-0.3, -0.25) is 33.8 Å². The number of carbonyl (C=O) groups excluding carboxylic acids is 3. The molecule has 2 aromatic heterocycles. The zero-order valence-corrected chi connectivity index (χ0v) is 26.9. The Morgan fingerprint density at radius 1 is 0.667 bits per heavy atom. The van der Waals surface area contributed by atoms with Crippen molar-refractivity contribution in [2.45, 2.75) is 69.5 Å². The molecule has 0 fully saturated rings. The van der Waals surface area contributed by atoms with Crippen LogP contribution in [0.2, 0.25) is 0 Å². The minimum atomic E-state index is -1.95. The molecule has 0 spiro atoms. The van der Waals surface area contributed by atoms with Gasteiger partial charge in [-0.1, -0.05) is 18.9 Å². The van der Waals surface area contributed by atoms with Crippen molar-refractivity contribution in [3.63, 3.8) is 0 Å². The Kier molecular flexibility index (Phi) is 14.1. The van der Waals surface area contributed by atoms with Gasteiger partial charge in [0, 0.05) is 35.0 Å². The summed E-state index contributed by atoms with van der Waals surface area (Å²) in [6, 6.07) is 0.705. The van der Waals surface area contributed by atoms with Crippen molar-refractivity contribution < 1.29 is 68.6 Å². The first-order valence-corrected chi connectivity index (χ1v) is 15.5. The van der Waals surface area contributed by atoms with Gasteiger partial charge in [0.2, 0.25) is 23.6 Å². The number of carboxylic acids is 5. The van der Waals surface area contributed by atoms with Crippen LogP contribution in [0.5, 0.6) is 5.88 Å². The lowest BCUT2D eigenvalue weighted by atomic mass is 10.1. The molecule has 0 aliphatic carbocycles. The van der Waals surface area contributed by atoms with E-state index >= 15 is 0 Å². The first-order chi connectivity index (χ1) is 24.2. The van der Waals surface area contributed by atoms with Crippen molar-refractivity contribution in [3.8, 4) is 5.88 Å². The molecule has 272 valence electrons. The lowest BCUT2D eigenvalue weighted by Crippen LogP contribution is -2.56. The molecule has 3 rings (SSSR count). The summed E-state index contributed by atoms with van der Waals surface area (Å²) in [5, 5.41) is 54.0. The maximum absolute atomic E-state index is 12.9. The molecule has 0 bridgehead atoms. The summed E-state index contributed by atoms with van der Waals surface area (Å²) >= 11 is 0. The van der Waals surface area contributed by atoms with E-state index in [1.165, 1.54) is 12.1 Å². The normalized spacial score (nSPS) is 12.6. The van der Waals surface area contributed by atoms with Crippen molar-refractivity contribution in [2.75, 3.05) is 6.61 Å². The van der Waals surface area contributed by atoms with E-state index in [4.69, 9.17) is 20.1 Å². The van der Waals surface area contributed by atoms with Gasteiger partial charge in [-0.05, 0) is 31.0 Å². The van der Waals surface area contributed by atoms with Crippen LogP contribution in [-0.2, 0) is 33.6 Å². The highest BCUT2D eigenvalue weighted by Crippen LogP contribution is 2.30. The Bertz CT molecular complexity index is 1830. The third-order valence-corrected chi connectivity index (χ3v) is 7.38. The molecule has 0 radical (unpaired) electrons. The number of pyridine rings is 2. The minimum absolute atomic E-state index is 0.0681. The largest absolute Gasteiger partial charge is 0.481 e. The SMILES string of the molecule is O=C(O)C[C@H](NC(=O)[C@H](CC(=O)O)NC(=O)[C@H](CC(=O)O)NC(=O)CCCCCCOc1nc2cc(C(=O)O)ccc2c2cnccc12)C(=O)O. The van der Waals surface area contributed by atoms with Gasteiger partial charge in [0.05, 0.1) is 36.9 Å². The standard InChI is InChI=1S/C32H35N5O14/c38-24(34-21(12-25(39)40)28(45)35-22(13-26(41)42)29(46)36-23(32(49)50)14-27(43)44)5-3-1-2-4-10-51-30-18-8-9-33-15-19(18)17-7-6-16(31(47)48)11-20(17)37-30/h6-9,11,15,21-23H,1-5,10,12-14H2,(H,34,38)(H,35,45)(H,36,46)(H,39,40)(H,41,42)(H,43,44)(H,47,48)(H,49,50)/t21-,22-,23-/m0/s1. The van der Waals surface area contributed by atoms with E-state index < -0.39 is 85.0 Å². The highest BCUT2D eigenvalue weighted by atomic mass is 16.5. The number of nitrogens with zero attached hydrogens (tertiary/aromatic N) is 2. The zero-order chi connectivity index (χ0) is 37.7. The number of hydrogen-bond acceptors (Lipinski definition) is 11. The van der Waals surface area contributed by atoms with Crippen LogP contribution in [0.4, 0.5) is 0 Å². The average molecular weight is 714 g/mol. The number of aliphatic carboxylic acids is 4. The fraction of sp³-hybridized carbons (Fsp3) is 0.375. The van der Waals surface area contributed by atoms with E-state index in [0.29, 0.717) is 47.9 Å². The molecule has 3 amide bonds. The summed E-state index contributed by atoms with van der Waals surface area (Å²) < 4.78 is 5.91. The second-order valence-electron chi connectivity index (χ2n) is 11.3. The van der Waals surface area contributed by atoms with Gasteiger partial charge in [0.25, 0.3) is 0 Å². The summed E-state index contributed by atoms with van der Waals surface area (Å²) in [4.78, 5) is 103. The van der Waals surface area contributed by atoms with E-state index in [-0.39, 0.29) is 18.6 Å². The van der Waals surface area contributed by atoms with Crippen molar-refractivity contribution in [1.29, 1.82) is 0 Å². The number of rotatable bonds is 21. The Morgan fingerprint density at radius 2 is 1.25 bits per heavy atom. The van der Waals surface area contributed by atoms with Gasteiger partial charge in [0.1, 0.15) is 18.1 Å². The zero-order valence-electron chi connectivity index (χ0n) is 26.9. The number of ether oxygens (including phenoxy) is 1. The number of carboxylic acid groups (broad SMARTS) is 5. The summed E-state index contributed by atoms with van der Waals surface area (Å²) in [5.74, 6) is -10.5. The van der Waals surface area contributed by atoms with Gasteiger partial charge in [-0.25, -0.2) is 14.6 Å². The van der Waals surface area contributed by atoms with Crippen LogP contribution < -0.4 is 20.7 Å². The van der Waals surface area contributed by atoms with E-state index in [9.17, 15) is 48.6 Å². The monoisotopic (exact) mass is 713 g/mol. The number of aromatic carboxylic acids is 1. The van der Waals surface area contributed by atoms with Crippen molar-refractivity contribution in [1.82, 2.24) is 25.9 Å². The number of carbonyl (C=O) groups is 8. The number of unbranched alkanes of at least 4 members (excludes halogenated alkanes) is 3. The third-order valence-electron chi connectivity index (χ3n) is 7.38. The second-order valence-corrected chi connectivity index (χ2v) is 11.3. The molecule has 2 heterocycles. The predicted octanol–water partition coefficient (Wildman–Crippen LogP) is 0.774. The first kappa shape index (κ1) is 39.0. The van der Waals surface area contributed by atoms with Crippen LogP contribution in [0.15, 0.2) is 36.7 Å². The number of hydrogen-bond donors (Lipinski definition) is 8. The highest BCUT2D eigenvalue weighted by molar-refractivity contribution is 6.08. The summed E-state index contributed by atoms with van der Waals surface area (Å²) in [5.41, 5.74) is 0.494. The fourth-order valence-corrected chi connectivity index (χ4v) is 4.92. The van der Waals surface area contributed by atoms with Crippen molar-refractivity contribution in [3.05, 3.63) is 42.2 Å². The number of benzene rings is 1. The van der Waals surface area contributed by atoms with Crippen molar-refractivity contribution >= 4 is 69.2 Å². The van der Waals surface area contributed by atoms with E-state index in [2.05, 4.69) is 15.3 Å². The lowest BCUT2D eigenvalue weighted by Gasteiger charge is -2.23. The fourth-order valence-electron chi connectivity index (χ4n) is 4.92. The Balaban J connectivity index is 1.52. The number of aromatic nitrogens is 2. The molecule has 3 aromatic rings. The molecule has 19 nitrogen and oxygen atoms in total. The molecular formula is C32H35N5O14. The van der Waals surface area contributed by atoms with Crippen LogP contribution in [0, 0.1) is 0 Å². The molecule has 0 saturated heterocycles. The van der Waals surface area contributed by atoms with Gasteiger partial charge in [-0.2, -0.15) is 0 Å². The van der Waals surface area contributed by atoms with Gasteiger partial charge >= 0.3 is 29.8 Å². The number of fused-ring (bicyclic) bond motifs is 3. The lowest BCUT2D eigenvalue weighted by molar-refractivity contribution is -0.148. The molecule has 51 heavy (non-hydrogen) atoms. The Morgan fingerprint density at radius 3 is 1.86 bits per heavy atom. The second kappa shape index (κ2) is 18.4. The first-order valence-electron chi connectivity index (χ1n) is 15.5. The van der Waals surface area contributed by atoms with Crippen LogP contribution in [0.25, 0.3) is 21.7 Å². The number of amides is 3. The van der Waals surface area contributed by atoms with Crippen LogP contribution in [-0.4, -0.2) is 108 Å². The molecule has 0 saturated carbocycles. The molecule has 0 aliphatic heterocycles. The number of nitrogens with one attached hydrogen (secondary N) is 3. The van der Waals surface area contributed by atoms with Crippen LogP contribution in [0.1, 0.15) is 61.7 Å². The van der Waals surface area contributed by atoms with E-state index in [0.717, 1.165) is 5.39 Å². The summed E-state index contributed by atoms with van der Waals surface area (Å²) in [6.45, 7) is 0.246. The maximum atomic E-state index is 12.9. The maximum Gasteiger partial charge on any atom is 0.335 e. The minimum Gasteiger partial charge on any atom is -0.481 e. The van der Waals surface area contributed by atoms with Gasteiger partial charge in [-0.15, -0.1) is 0 Å². The van der Waals surface area contributed by atoms with E-state index in [1.54, 1.807) is 24.5 Å². The van der Waals surface area contributed by atoms with Crippen molar-refractivity contribution in [2.24, 2.45) is 0 Å². The molecule has 0 unspecified atom stereocenters. The molecule has 3 atom stereocenters. The average Bonchev–Trinajstić information content (AvgIpc) is 3.05. The van der Waals surface area contributed by atoms with Crippen LogP contribution >= 0.6 is 0 Å². The topological polar surface area (TPSA) is 309 Å². The molecule has 8 N–H and O–H groups in total. The smallest absolute Gasteiger partial charge is 0.335 e. The quantitative estimate of drug-likeness (QED) is 0.0558. The summed E-state index contributed by atoms with van der Waals surface area (Å²) in [7, 11) is 0. The molecular weight excluding hydrogens is 678 g/mol. The molecule has 1 aromatic carbocycles. The Labute approximate surface area is 288 Å². The highest BCUT2D eigenvalue weighted by Gasteiger charge is 2.32. The van der Waals surface area contributed by atoms with Crippen LogP contribution in [0.3, 0.4) is 0 Å². The Hall–Kier alpha value is -6.40. The van der Waals surface area contributed by atoms with E-state index in [1.807, 2.05) is 10.6 Å². The van der Waals surface area contributed by atoms with Gasteiger partial charge in [0.15, 0.2) is 0 Å². The molecule has 19 heteroatoms. The van der Waals surface area contributed by atoms with Gasteiger partial charge < -0.3 is 46.2 Å².